The number of carbonyl (C=O) groups is 1. The monoisotopic (exact) mass is 278 g/mol. The van der Waals surface area contributed by atoms with Gasteiger partial charge in [-0.05, 0) is 30.7 Å². The van der Waals surface area contributed by atoms with Crippen molar-refractivity contribution < 1.29 is 13.9 Å². The Morgan fingerprint density at radius 1 is 1.21 bits per heavy atom. The van der Waals surface area contributed by atoms with Crippen molar-refractivity contribution in [3.05, 3.63) is 70.0 Å². The summed E-state index contributed by atoms with van der Waals surface area (Å²) in [6, 6.07) is 11.4. The molecule has 0 atom stereocenters. The highest BCUT2D eigenvalue weighted by molar-refractivity contribution is 6.31. The predicted molar refractivity (Wildman–Crippen MR) is 71.7 cm³/mol. The Balaban J connectivity index is 2.11. The van der Waals surface area contributed by atoms with Crippen LogP contribution in [0.5, 0.6) is 0 Å². The molecule has 0 fully saturated rings. The van der Waals surface area contributed by atoms with Gasteiger partial charge in [0, 0.05) is 5.56 Å². The van der Waals surface area contributed by atoms with Crippen molar-refractivity contribution in [1.82, 2.24) is 0 Å². The molecule has 0 unspecified atom stereocenters. The molecule has 4 heteroatoms. The van der Waals surface area contributed by atoms with Crippen molar-refractivity contribution >= 4 is 17.6 Å². The highest BCUT2D eigenvalue weighted by atomic mass is 35.5. The molecule has 2 rings (SSSR count). The van der Waals surface area contributed by atoms with Crippen molar-refractivity contribution in [2.24, 2.45) is 0 Å². The predicted octanol–water partition coefficient (Wildman–Crippen LogP) is 4.14. The quantitative estimate of drug-likeness (QED) is 0.789. The van der Waals surface area contributed by atoms with Crippen LogP contribution in [0.15, 0.2) is 42.5 Å². The Morgan fingerprint density at radius 3 is 2.63 bits per heavy atom. The molecule has 19 heavy (non-hydrogen) atoms. The minimum atomic E-state index is -0.489. The Morgan fingerprint density at radius 2 is 1.95 bits per heavy atom. The molecule has 0 radical (unpaired) electrons. The first-order valence-corrected chi connectivity index (χ1v) is 6.13. The summed E-state index contributed by atoms with van der Waals surface area (Å²) in [7, 11) is 0. The maximum atomic E-state index is 13.5. The van der Waals surface area contributed by atoms with Gasteiger partial charge in [0.25, 0.3) is 0 Å². The van der Waals surface area contributed by atoms with Crippen molar-refractivity contribution in [2.75, 3.05) is 0 Å². The molecule has 2 nitrogen and oxygen atoms in total. The molecule has 0 amide bonds. The molecule has 0 aliphatic carbocycles. The molecular formula is C15H12ClFO2. The fraction of sp³-hybridized carbons (Fsp3) is 0.133. The maximum Gasteiger partial charge on any atom is 0.338 e. The van der Waals surface area contributed by atoms with Crippen molar-refractivity contribution in [3.63, 3.8) is 0 Å². The first kappa shape index (κ1) is 13.6. The molecule has 98 valence electrons. The molecule has 0 aliphatic heterocycles. The van der Waals surface area contributed by atoms with Gasteiger partial charge in [0.2, 0.25) is 0 Å². The Bertz CT molecular complexity index is 591. The van der Waals surface area contributed by atoms with E-state index in [1.807, 2.05) is 19.1 Å². The second-order valence-electron chi connectivity index (χ2n) is 4.09. The lowest BCUT2D eigenvalue weighted by molar-refractivity contribution is 0.0468. The van der Waals surface area contributed by atoms with Gasteiger partial charge >= 0.3 is 5.97 Å². The topological polar surface area (TPSA) is 26.3 Å². The lowest BCUT2D eigenvalue weighted by Crippen LogP contribution is -2.08. The van der Waals surface area contributed by atoms with E-state index in [0.29, 0.717) is 5.56 Å². The third kappa shape index (κ3) is 3.12. The van der Waals surface area contributed by atoms with E-state index in [0.717, 1.165) is 5.56 Å². The summed E-state index contributed by atoms with van der Waals surface area (Å²) >= 11 is 5.86. The van der Waals surface area contributed by atoms with Gasteiger partial charge in [-0.15, -0.1) is 0 Å². The van der Waals surface area contributed by atoms with Gasteiger partial charge in [-0.25, -0.2) is 9.18 Å². The molecule has 0 aromatic heterocycles. The number of ether oxygens (including phenoxy) is 1. The van der Waals surface area contributed by atoms with Crippen molar-refractivity contribution in [2.45, 2.75) is 13.5 Å². The third-order valence-electron chi connectivity index (χ3n) is 2.77. The highest BCUT2D eigenvalue weighted by Gasteiger charge is 2.13. The van der Waals surface area contributed by atoms with E-state index in [2.05, 4.69) is 0 Å². The van der Waals surface area contributed by atoms with Crippen LogP contribution in [0.2, 0.25) is 5.02 Å². The lowest BCUT2D eigenvalue weighted by Gasteiger charge is -2.08. The van der Waals surface area contributed by atoms with E-state index in [9.17, 15) is 9.18 Å². The number of benzene rings is 2. The zero-order chi connectivity index (χ0) is 13.8. The SMILES string of the molecule is Cc1ccccc1C(=O)OCc1c(F)cccc1Cl. The summed E-state index contributed by atoms with van der Waals surface area (Å²) in [4.78, 5) is 11.9. The Labute approximate surface area is 115 Å². The fourth-order valence-electron chi connectivity index (χ4n) is 1.69. The number of carbonyl (C=O) groups excluding carboxylic acids is 1. The van der Waals surface area contributed by atoms with Crippen molar-refractivity contribution in [1.29, 1.82) is 0 Å². The van der Waals surface area contributed by atoms with Crippen LogP contribution < -0.4 is 0 Å². The normalized spacial score (nSPS) is 10.3. The van der Waals surface area contributed by atoms with Gasteiger partial charge in [0.05, 0.1) is 10.6 Å². The molecular weight excluding hydrogens is 267 g/mol. The molecule has 0 saturated carbocycles. The molecule has 0 N–H and O–H groups in total. The van der Waals surface area contributed by atoms with E-state index in [1.54, 1.807) is 18.2 Å². The number of hydrogen-bond donors (Lipinski definition) is 0. The highest BCUT2D eigenvalue weighted by Crippen LogP contribution is 2.20. The minimum Gasteiger partial charge on any atom is -0.457 e. The average Bonchev–Trinajstić information content (AvgIpc) is 2.38. The lowest BCUT2D eigenvalue weighted by atomic mass is 10.1. The Kier molecular flexibility index (Phi) is 4.17. The maximum absolute atomic E-state index is 13.5. The number of hydrogen-bond acceptors (Lipinski definition) is 2. The second-order valence-corrected chi connectivity index (χ2v) is 4.50. The summed E-state index contributed by atoms with van der Waals surface area (Å²) in [6.45, 7) is 1.63. The van der Waals surface area contributed by atoms with Crippen LogP contribution >= 0.6 is 11.6 Å². The van der Waals surface area contributed by atoms with Gasteiger partial charge in [-0.3, -0.25) is 0 Å². The zero-order valence-corrected chi connectivity index (χ0v) is 11.1. The summed E-state index contributed by atoms with van der Waals surface area (Å²) < 4.78 is 18.6. The van der Waals surface area contributed by atoms with E-state index >= 15 is 0 Å². The van der Waals surface area contributed by atoms with E-state index in [1.165, 1.54) is 12.1 Å². The zero-order valence-electron chi connectivity index (χ0n) is 10.3. The van der Waals surface area contributed by atoms with Crippen LogP contribution in [0, 0.1) is 12.7 Å². The second kappa shape index (κ2) is 5.85. The number of halogens is 2. The van der Waals surface area contributed by atoms with Crippen LogP contribution in [0.3, 0.4) is 0 Å². The summed E-state index contributed by atoms with van der Waals surface area (Å²) in [6.07, 6.45) is 0. The largest absolute Gasteiger partial charge is 0.457 e. The molecule has 0 saturated heterocycles. The summed E-state index contributed by atoms with van der Waals surface area (Å²) in [5, 5.41) is 0.248. The minimum absolute atomic E-state index is 0.182. The smallest absolute Gasteiger partial charge is 0.338 e. The first-order valence-electron chi connectivity index (χ1n) is 5.75. The number of esters is 1. The third-order valence-corrected chi connectivity index (χ3v) is 3.13. The number of rotatable bonds is 3. The molecule has 0 heterocycles. The molecule has 0 bridgehead atoms. The Hall–Kier alpha value is -1.87. The molecule has 2 aromatic carbocycles. The summed E-state index contributed by atoms with van der Waals surface area (Å²) in [5.74, 6) is -0.970. The number of aryl methyl sites for hydroxylation is 1. The van der Waals surface area contributed by atoms with Crippen molar-refractivity contribution in [3.8, 4) is 0 Å². The molecule has 0 aliphatic rings. The van der Waals surface area contributed by atoms with E-state index in [-0.39, 0.29) is 17.2 Å². The molecule has 2 aromatic rings. The molecule has 0 spiro atoms. The van der Waals surface area contributed by atoms with E-state index < -0.39 is 11.8 Å². The van der Waals surface area contributed by atoms with Crippen LogP contribution in [0.4, 0.5) is 4.39 Å². The van der Waals surface area contributed by atoms with E-state index in [4.69, 9.17) is 16.3 Å². The standard InChI is InChI=1S/C15H12ClFO2/c1-10-5-2-3-6-11(10)15(18)19-9-12-13(16)7-4-8-14(12)17/h2-8H,9H2,1H3. The van der Waals surface area contributed by atoms with Crippen LogP contribution in [-0.2, 0) is 11.3 Å². The van der Waals surface area contributed by atoms with Crippen LogP contribution in [0.25, 0.3) is 0 Å². The first-order chi connectivity index (χ1) is 9.09. The van der Waals surface area contributed by atoms with Crippen LogP contribution in [0.1, 0.15) is 21.5 Å². The van der Waals surface area contributed by atoms with Gasteiger partial charge < -0.3 is 4.74 Å². The van der Waals surface area contributed by atoms with Gasteiger partial charge in [-0.2, -0.15) is 0 Å². The fourth-order valence-corrected chi connectivity index (χ4v) is 1.91. The van der Waals surface area contributed by atoms with Gasteiger partial charge in [0.1, 0.15) is 12.4 Å². The van der Waals surface area contributed by atoms with Gasteiger partial charge in [0.15, 0.2) is 0 Å². The average molecular weight is 279 g/mol. The van der Waals surface area contributed by atoms with Crippen LogP contribution in [-0.4, -0.2) is 5.97 Å². The van der Waals surface area contributed by atoms with Gasteiger partial charge in [-0.1, -0.05) is 35.9 Å². The summed E-state index contributed by atoms with van der Waals surface area (Å²) in [5.41, 5.74) is 1.47.